The van der Waals surface area contributed by atoms with Crippen LogP contribution in [0, 0.1) is 13.8 Å². The number of aryl methyl sites for hydroxylation is 2. The Hall–Kier alpha value is -1.87. The molecule has 3 aliphatic rings. The zero-order chi connectivity index (χ0) is 15.2. The number of hydrogen-bond acceptors (Lipinski definition) is 2. The number of nitrogens with two attached hydrogens (primary N) is 1. The Labute approximate surface area is 126 Å². The maximum Gasteiger partial charge on any atom is 0.221 e. The van der Waals surface area contributed by atoms with Crippen LogP contribution in [-0.4, -0.2) is 19.1 Å². The fraction of sp³-hybridized carbons (Fsp3) is 0.389. The maximum absolute atomic E-state index is 11.1. The first kappa shape index (κ1) is 15.5. The van der Waals surface area contributed by atoms with E-state index in [1.807, 2.05) is 25.1 Å². The number of rotatable bonds is 2. The molecule has 0 atom stereocenters. The summed E-state index contributed by atoms with van der Waals surface area (Å²) in [6.45, 7) is 6.12. The highest BCUT2D eigenvalue weighted by molar-refractivity contribution is 5.82. The van der Waals surface area contributed by atoms with Crippen molar-refractivity contribution in [2.24, 2.45) is 5.73 Å². The van der Waals surface area contributed by atoms with Crippen molar-refractivity contribution < 1.29 is 9.53 Å². The highest BCUT2D eigenvalue weighted by atomic mass is 16.5. The van der Waals surface area contributed by atoms with Gasteiger partial charge in [-0.25, -0.2) is 0 Å². The molecule has 3 heteroatoms. The molecule has 1 amide bonds. The van der Waals surface area contributed by atoms with Gasteiger partial charge in [-0.1, -0.05) is 35.9 Å². The van der Waals surface area contributed by atoms with E-state index in [1.165, 1.54) is 24.0 Å². The van der Waals surface area contributed by atoms with E-state index in [0.29, 0.717) is 6.42 Å². The van der Waals surface area contributed by atoms with E-state index in [2.05, 4.69) is 19.1 Å². The normalized spacial score (nSPS) is 13.8. The topological polar surface area (TPSA) is 52.3 Å². The van der Waals surface area contributed by atoms with Crippen LogP contribution in [0.15, 0.2) is 30.3 Å². The lowest BCUT2D eigenvalue weighted by Gasteiger charge is -2.02. The van der Waals surface area contributed by atoms with Crippen LogP contribution in [-0.2, 0) is 16.0 Å². The molecule has 1 heterocycles. The summed E-state index contributed by atoms with van der Waals surface area (Å²) in [6, 6.07) is 10.3. The second-order valence-corrected chi connectivity index (χ2v) is 5.56. The Bertz CT molecular complexity index is 581. The minimum Gasteiger partial charge on any atom is -0.381 e. The zero-order valence-electron chi connectivity index (χ0n) is 12.8. The van der Waals surface area contributed by atoms with Crippen LogP contribution in [0.3, 0.4) is 0 Å². The number of hydrogen-bond donors (Lipinski definition) is 1. The van der Waals surface area contributed by atoms with E-state index in [4.69, 9.17) is 10.5 Å². The molecular weight excluding hydrogens is 262 g/mol. The Morgan fingerprint density at radius 3 is 2.38 bits per heavy atom. The highest BCUT2D eigenvalue weighted by Crippen LogP contribution is 2.30. The predicted octanol–water partition coefficient (Wildman–Crippen LogP) is 3.23. The Kier molecular flexibility index (Phi) is 5.34. The molecule has 112 valence electrons. The van der Waals surface area contributed by atoms with E-state index in [9.17, 15) is 4.79 Å². The summed E-state index contributed by atoms with van der Waals surface area (Å²) >= 11 is 0. The maximum atomic E-state index is 11.1. The summed E-state index contributed by atoms with van der Waals surface area (Å²) in [6.07, 6.45) is 2.86. The first-order chi connectivity index (χ1) is 10.1. The third kappa shape index (κ3) is 4.30. The summed E-state index contributed by atoms with van der Waals surface area (Å²) in [4.78, 5) is 11.1. The summed E-state index contributed by atoms with van der Waals surface area (Å²) < 4.78 is 4.94. The van der Waals surface area contributed by atoms with Gasteiger partial charge in [-0.3, -0.25) is 4.79 Å². The number of fused-ring (bicyclic) bond motifs is 1. The molecule has 0 radical (unpaired) electrons. The van der Waals surface area contributed by atoms with Gasteiger partial charge in [0.15, 0.2) is 0 Å². The molecule has 0 bridgehead atoms. The van der Waals surface area contributed by atoms with Crippen LogP contribution in [0.1, 0.15) is 29.5 Å². The molecule has 1 saturated heterocycles. The molecule has 21 heavy (non-hydrogen) atoms. The largest absolute Gasteiger partial charge is 0.381 e. The lowest BCUT2D eigenvalue weighted by molar-refractivity contribution is -0.117. The quantitative estimate of drug-likeness (QED) is 0.921. The van der Waals surface area contributed by atoms with Crippen molar-refractivity contribution in [2.45, 2.75) is 33.1 Å². The average molecular weight is 285 g/mol. The van der Waals surface area contributed by atoms with E-state index in [0.717, 1.165) is 29.9 Å². The minimum absolute atomic E-state index is 0.286. The minimum atomic E-state index is -0.286. The van der Waals surface area contributed by atoms with Gasteiger partial charge in [0, 0.05) is 13.2 Å². The van der Waals surface area contributed by atoms with Crippen molar-refractivity contribution in [3.8, 4) is 11.1 Å². The fourth-order valence-electron chi connectivity index (χ4n) is 2.70. The summed E-state index contributed by atoms with van der Waals surface area (Å²) in [7, 11) is 0. The molecule has 0 aromatic heterocycles. The SMILES string of the molecule is C1CCOC1.Cc1cc(C)c2cccc-2c(CC(N)=O)c1. The van der Waals surface area contributed by atoms with Crippen LogP contribution in [0.4, 0.5) is 0 Å². The van der Waals surface area contributed by atoms with Gasteiger partial charge in [0.05, 0.1) is 6.42 Å². The first-order valence-corrected chi connectivity index (χ1v) is 7.43. The van der Waals surface area contributed by atoms with Gasteiger partial charge in [0.25, 0.3) is 0 Å². The Morgan fingerprint density at radius 1 is 1.14 bits per heavy atom. The first-order valence-electron chi connectivity index (χ1n) is 7.43. The number of carbonyl (C=O) groups excluding carboxylic acids is 1. The molecule has 1 fully saturated rings. The van der Waals surface area contributed by atoms with E-state index >= 15 is 0 Å². The molecule has 0 spiro atoms. The molecule has 1 aliphatic heterocycles. The monoisotopic (exact) mass is 285 g/mol. The molecule has 0 saturated carbocycles. The molecule has 2 aliphatic carbocycles. The Balaban J connectivity index is 0.000000272. The predicted molar refractivity (Wildman–Crippen MR) is 85.5 cm³/mol. The van der Waals surface area contributed by atoms with Crippen molar-refractivity contribution in [2.75, 3.05) is 13.2 Å². The zero-order valence-corrected chi connectivity index (χ0v) is 12.8. The number of primary amides is 1. The third-order valence-corrected chi connectivity index (χ3v) is 3.62. The Morgan fingerprint density at radius 2 is 1.81 bits per heavy atom. The van der Waals surface area contributed by atoms with Crippen molar-refractivity contribution >= 4 is 5.91 Å². The number of amides is 1. The molecule has 0 aromatic rings. The standard InChI is InChI=1S/C14H15NO.C4H8O/c1-9-6-10(2)12-4-3-5-13(12)11(7-9)8-14(15)16;1-2-4-5-3-1/h3-7H,8H2,1-2H3,(H2,15,16);1-4H2. The van der Waals surface area contributed by atoms with Crippen molar-refractivity contribution in [1.29, 1.82) is 0 Å². The molecule has 0 aromatic carbocycles. The van der Waals surface area contributed by atoms with Gasteiger partial charge in [-0.2, -0.15) is 0 Å². The smallest absolute Gasteiger partial charge is 0.221 e. The van der Waals surface area contributed by atoms with Gasteiger partial charge in [-0.05, 0) is 48.9 Å². The van der Waals surface area contributed by atoms with E-state index < -0.39 is 0 Å². The summed E-state index contributed by atoms with van der Waals surface area (Å²) in [5, 5.41) is 0. The third-order valence-electron chi connectivity index (χ3n) is 3.62. The summed E-state index contributed by atoms with van der Waals surface area (Å²) in [5.74, 6) is -0.286. The second kappa shape index (κ2) is 7.23. The second-order valence-electron chi connectivity index (χ2n) is 5.56. The highest BCUT2D eigenvalue weighted by Gasteiger charge is 2.11. The van der Waals surface area contributed by atoms with Gasteiger partial charge >= 0.3 is 0 Å². The lowest BCUT2D eigenvalue weighted by Crippen LogP contribution is -2.13. The van der Waals surface area contributed by atoms with Crippen LogP contribution in [0.2, 0.25) is 0 Å². The van der Waals surface area contributed by atoms with Crippen LogP contribution >= 0.6 is 0 Å². The molecule has 0 unspecified atom stereocenters. The summed E-state index contributed by atoms with van der Waals surface area (Å²) in [5.41, 5.74) is 11.0. The number of ether oxygens (including phenoxy) is 1. The molecular formula is C18H23NO2. The van der Waals surface area contributed by atoms with Crippen LogP contribution in [0.25, 0.3) is 11.1 Å². The van der Waals surface area contributed by atoms with E-state index in [1.54, 1.807) is 0 Å². The van der Waals surface area contributed by atoms with Gasteiger partial charge in [0.2, 0.25) is 5.91 Å². The lowest BCUT2D eigenvalue weighted by atomic mass is 10.0. The van der Waals surface area contributed by atoms with Crippen molar-refractivity contribution in [3.63, 3.8) is 0 Å². The van der Waals surface area contributed by atoms with Crippen molar-refractivity contribution in [3.05, 3.63) is 47.0 Å². The number of carbonyl (C=O) groups is 1. The van der Waals surface area contributed by atoms with Crippen LogP contribution < -0.4 is 5.73 Å². The van der Waals surface area contributed by atoms with E-state index in [-0.39, 0.29) is 5.91 Å². The molecule has 3 rings (SSSR count). The van der Waals surface area contributed by atoms with Gasteiger partial charge < -0.3 is 10.5 Å². The van der Waals surface area contributed by atoms with Crippen LogP contribution in [0.5, 0.6) is 0 Å². The average Bonchev–Trinajstić information content (AvgIpc) is 3.10. The van der Waals surface area contributed by atoms with Gasteiger partial charge in [0.1, 0.15) is 0 Å². The fourth-order valence-corrected chi connectivity index (χ4v) is 2.70. The van der Waals surface area contributed by atoms with Crippen molar-refractivity contribution in [1.82, 2.24) is 0 Å². The molecule has 2 N–H and O–H groups in total. The van der Waals surface area contributed by atoms with Gasteiger partial charge in [-0.15, -0.1) is 0 Å². The molecule has 3 nitrogen and oxygen atoms in total.